The van der Waals surface area contributed by atoms with Crippen LogP contribution in [0.4, 0.5) is 0 Å². The van der Waals surface area contributed by atoms with Crippen molar-refractivity contribution in [1.82, 2.24) is 0 Å². The molecule has 1 aliphatic heterocycles. The highest BCUT2D eigenvalue weighted by Gasteiger charge is 2.24. The molecule has 1 saturated heterocycles. The van der Waals surface area contributed by atoms with Gasteiger partial charge < -0.3 is 19.7 Å². The van der Waals surface area contributed by atoms with E-state index >= 15 is 0 Å². The van der Waals surface area contributed by atoms with E-state index in [4.69, 9.17) is 19.7 Å². The number of rotatable bonds is 5. The van der Waals surface area contributed by atoms with Crippen molar-refractivity contribution in [2.24, 2.45) is 0 Å². The lowest BCUT2D eigenvalue weighted by Crippen LogP contribution is -2.34. The van der Waals surface area contributed by atoms with E-state index < -0.39 is 5.97 Å². The van der Waals surface area contributed by atoms with Gasteiger partial charge in [-0.2, -0.15) is 0 Å². The van der Waals surface area contributed by atoms with E-state index in [1.165, 1.54) is 0 Å². The Bertz CT molecular complexity index is 206. The van der Waals surface area contributed by atoms with Crippen molar-refractivity contribution in [2.75, 3.05) is 6.61 Å². The van der Waals surface area contributed by atoms with Crippen molar-refractivity contribution in [3.8, 4) is 0 Å². The second-order valence-corrected chi connectivity index (χ2v) is 3.85. The molecule has 1 fully saturated rings. The minimum atomic E-state index is -0.878. The fraction of sp³-hybridized carbons (Fsp3) is 0.900. The van der Waals surface area contributed by atoms with Gasteiger partial charge in [0.15, 0.2) is 6.29 Å². The molecule has 0 aromatic heterocycles. The minimum Gasteiger partial charge on any atom is -0.481 e. The van der Waals surface area contributed by atoms with E-state index in [9.17, 15) is 4.79 Å². The van der Waals surface area contributed by atoms with E-state index in [0.717, 1.165) is 19.3 Å². The Labute approximate surface area is 89.0 Å². The summed E-state index contributed by atoms with van der Waals surface area (Å²) in [7, 11) is 0. The Balaban J connectivity index is 2.27. The quantitative estimate of drug-likeness (QED) is 0.712. The molecule has 5 nitrogen and oxygen atoms in total. The molecule has 0 aliphatic carbocycles. The van der Waals surface area contributed by atoms with Crippen LogP contribution >= 0.6 is 0 Å². The van der Waals surface area contributed by atoms with Crippen molar-refractivity contribution in [2.45, 2.75) is 51.1 Å². The average Bonchev–Trinajstić information content (AvgIpc) is 2.16. The molecule has 0 bridgehead atoms. The van der Waals surface area contributed by atoms with Gasteiger partial charge in [-0.05, 0) is 26.2 Å². The number of hydrogen-bond donors (Lipinski definition) is 2. The zero-order chi connectivity index (χ0) is 11.3. The Kier molecular flexibility index (Phi) is 5.01. The molecular weight excluding hydrogens is 200 g/mol. The van der Waals surface area contributed by atoms with Crippen LogP contribution in [0.3, 0.4) is 0 Å². The molecule has 1 aliphatic rings. The number of aliphatic hydroxyl groups is 1. The summed E-state index contributed by atoms with van der Waals surface area (Å²) in [5, 5.41) is 17.5. The molecule has 0 saturated carbocycles. The standard InChI is InChI=1S/C10H18O5/c1-7(5-9(12)13)14-10-4-2-3-8(6-11)15-10/h7-8,10-11H,2-6H2,1H3,(H,12,13). The summed E-state index contributed by atoms with van der Waals surface area (Å²) in [4.78, 5) is 10.4. The third kappa shape index (κ3) is 4.59. The zero-order valence-corrected chi connectivity index (χ0v) is 8.89. The highest BCUT2D eigenvalue weighted by atomic mass is 16.7. The Hall–Kier alpha value is -0.650. The van der Waals surface area contributed by atoms with Crippen LogP contribution in [0.15, 0.2) is 0 Å². The van der Waals surface area contributed by atoms with Crippen LogP contribution < -0.4 is 0 Å². The number of carboxylic acids is 1. The molecule has 0 aromatic rings. The maximum absolute atomic E-state index is 10.4. The van der Waals surface area contributed by atoms with Gasteiger partial charge in [-0.1, -0.05) is 0 Å². The Morgan fingerprint density at radius 1 is 1.60 bits per heavy atom. The van der Waals surface area contributed by atoms with Gasteiger partial charge >= 0.3 is 5.97 Å². The molecule has 3 unspecified atom stereocenters. The van der Waals surface area contributed by atoms with E-state index in [0.29, 0.717) is 0 Å². The fourth-order valence-electron chi connectivity index (χ4n) is 1.65. The zero-order valence-electron chi connectivity index (χ0n) is 8.89. The summed E-state index contributed by atoms with van der Waals surface area (Å²) >= 11 is 0. The van der Waals surface area contributed by atoms with E-state index in [-0.39, 0.29) is 31.5 Å². The van der Waals surface area contributed by atoms with Gasteiger partial charge in [0, 0.05) is 0 Å². The number of hydrogen-bond acceptors (Lipinski definition) is 4. The maximum Gasteiger partial charge on any atom is 0.305 e. The molecule has 0 amide bonds. The number of carbonyl (C=O) groups is 1. The minimum absolute atomic E-state index is 0.00677. The van der Waals surface area contributed by atoms with Crippen molar-refractivity contribution in [3.05, 3.63) is 0 Å². The van der Waals surface area contributed by atoms with Gasteiger partial charge in [0.2, 0.25) is 0 Å². The molecule has 15 heavy (non-hydrogen) atoms. The van der Waals surface area contributed by atoms with Crippen LogP contribution in [0.25, 0.3) is 0 Å². The van der Waals surface area contributed by atoms with Crippen LogP contribution in [0, 0.1) is 0 Å². The van der Waals surface area contributed by atoms with Gasteiger partial charge in [0.05, 0.1) is 25.2 Å². The number of aliphatic carboxylic acids is 1. The number of aliphatic hydroxyl groups excluding tert-OH is 1. The third-order valence-corrected chi connectivity index (χ3v) is 2.36. The van der Waals surface area contributed by atoms with Crippen LogP contribution in [-0.4, -0.2) is 41.3 Å². The Morgan fingerprint density at radius 2 is 2.33 bits per heavy atom. The first-order chi connectivity index (χ1) is 7.11. The number of carboxylic acid groups (broad SMARTS) is 1. The lowest BCUT2D eigenvalue weighted by molar-refractivity contribution is -0.219. The molecule has 0 radical (unpaired) electrons. The molecule has 88 valence electrons. The molecule has 2 N–H and O–H groups in total. The first kappa shape index (κ1) is 12.4. The molecule has 1 rings (SSSR count). The van der Waals surface area contributed by atoms with Crippen molar-refractivity contribution < 1.29 is 24.5 Å². The molecule has 0 aromatic carbocycles. The lowest BCUT2D eigenvalue weighted by atomic mass is 10.1. The first-order valence-corrected chi connectivity index (χ1v) is 5.25. The monoisotopic (exact) mass is 218 g/mol. The number of ether oxygens (including phenoxy) is 2. The van der Waals surface area contributed by atoms with Crippen LogP contribution in [-0.2, 0) is 14.3 Å². The predicted molar refractivity (Wildman–Crippen MR) is 52.4 cm³/mol. The largest absolute Gasteiger partial charge is 0.481 e. The highest BCUT2D eigenvalue weighted by molar-refractivity contribution is 5.67. The van der Waals surface area contributed by atoms with Gasteiger partial charge in [0.25, 0.3) is 0 Å². The molecule has 1 heterocycles. The maximum atomic E-state index is 10.4. The average molecular weight is 218 g/mol. The second-order valence-electron chi connectivity index (χ2n) is 3.85. The molecular formula is C10H18O5. The van der Waals surface area contributed by atoms with Gasteiger partial charge in [-0.3, -0.25) is 4.79 Å². The smallest absolute Gasteiger partial charge is 0.305 e. The van der Waals surface area contributed by atoms with Gasteiger partial charge in [0.1, 0.15) is 0 Å². The third-order valence-electron chi connectivity index (χ3n) is 2.36. The van der Waals surface area contributed by atoms with E-state index in [1.54, 1.807) is 6.92 Å². The van der Waals surface area contributed by atoms with Crippen LogP contribution in [0.5, 0.6) is 0 Å². The normalized spacial score (nSPS) is 28.7. The summed E-state index contributed by atoms with van der Waals surface area (Å²) in [6.45, 7) is 1.70. The Morgan fingerprint density at radius 3 is 2.93 bits per heavy atom. The van der Waals surface area contributed by atoms with Crippen molar-refractivity contribution in [3.63, 3.8) is 0 Å². The fourth-order valence-corrected chi connectivity index (χ4v) is 1.65. The lowest BCUT2D eigenvalue weighted by Gasteiger charge is -2.30. The molecule has 3 atom stereocenters. The molecule has 0 spiro atoms. The SMILES string of the molecule is CC(CC(=O)O)OC1CCCC(CO)O1. The van der Waals surface area contributed by atoms with Crippen LogP contribution in [0.2, 0.25) is 0 Å². The highest BCUT2D eigenvalue weighted by Crippen LogP contribution is 2.21. The second kappa shape index (κ2) is 6.05. The first-order valence-electron chi connectivity index (χ1n) is 5.25. The summed E-state index contributed by atoms with van der Waals surface area (Å²) in [6.07, 6.45) is 1.62. The van der Waals surface area contributed by atoms with Crippen LogP contribution in [0.1, 0.15) is 32.6 Å². The van der Waals surface area contributed by atoms with Gasteiger partial charge in [-0.15, -0.1) is 0 Å². The topological polar surface area (TPSA) is 76.0 Å². The summed E-state index contributed by atoms with van der Waals surface area (Å²) in [6, 6.07) is 0. The van der Waals surface area contributed by atoms with Crippen molar-refractivity contribution in [1.29, 1.82) is 0 Å². The van der Waals surface area contributed by atoms with Gasteiger partial charge in [-0.25, -0.2) is 0 Å². The predicted octanol–water partition coefficient (Wildman–Crippen LogP) is 0.754. The summed E-state index contributed by atoms with van der Waals surface area (Å²) in [5.41, 5.74) is 0. The summed E-state index contributed by atoms with van der Waals surface area (Å²) in [5.74, 6) is -0.878. The summed E-state index contributed by atoms with van der Waals surface area (Å²) < 4.78 is 10.8. The van der Waals surface area contributed by atoms with Crippen molar-refractivity contribution >= 4 is 5.97 Å². The molecule has 5 heteroatoms. The van der Waals surface area contributed by atoms with E-state index in [1.807, 2.05) is 0 Å². The van der Waals surface area contributed by atoms with E-state index in [2.05, 4.69) is 0 Å².